The number of amides is 2. The smallest absolute Gasteiger partial charge is 0.253 e. The third kappa shape index (κ3) is 3.74. The molecule has 3 aromatic rings. The molecule has 0 bridgehead atoms. The molecule has 12 nitrogen and oxygen atoms in total. The van der Waals surface area contributed by atoms with Gasteiger partial charge in [0.15, 0.2) is 0 Å². The second-order valence-electron chi connectivity index (χ2n) is 8.42. The molecule has 3 N–H and O–H groups in total. The van der Waals surface area contributed by atoms with Gasteiger partial charge in [-0.05, 0) is 37.2 Å². The van der Waals surface area contributed by atoms with Crippen LogP contribution in [-0.2, 0) is 17.9 Å². The molecule has 0 unspecified atom stereocenters. The second-order valence-corrected chi connectivity index (χ2v) is 8.42. The Morgan fingerprint density at radius 2 is 2.19 bits per heavy atom. The lowest BCUT2D eigenvalue weighted by molar-refractivity contribution is -0.138. The molecular formula is C19H23N9O3. The summed E-state index contributed by atoms with van der Waals surface area (Å²) in [6.07, 6.45) is 6.79. The van der Waals surface area contributed by atoms with Crippen molar-refractivity contribution < 1.29 is 14.7 Å². The molecule has 3 aromatic heterocycles. The Labute approximate surface area is 177 Å². The highest BCUT2D eigenvalue weighted by Gasteiger charge is 2.47. The molecule has 1 aliphatic carbocycles. The number of H-pyrrole nitrogens is 1. The van der Waals surface area contributed by atoms with Crippen molar-refractivity contribution in [1.82, 2.24) is 45.6 Å². The molecule has 4 heterocycles. The van der Waals surface area contributed by atoms with E-state index in [1.165, 1.54) is 4.68 Å². The Morgan fingerprint density at radius 1 is 1.32 bits per heavy atom. The Hall–Kier alpha value is -3.41. The lowest BCUT2D eigenvalue weighted by atomic mass is 9.61. The van der Waals surface area contributed by atoms with Gasteiger partial charge in [0.1, 0.15) is 17.8 Å². The fourth-order valence-corrected chi connectivity index (χ4v) is 4.77. The standard InChI is InChI=1S/C19H23N9O3/c29-10-13-8-28(26-22-13)9-15(30)27-5-1-3-19(11-27)6-12(7-19)21-18(31)14-2-4-20-17-16(14)23-25-24-17/h2,4,8,12,29H,1,3,5-7,9-11H2,(H,21,31)(H,20,23,24,25). The number of aromatic amines is 1. The number of aliphatic hydroxyl groups excluding tert-OH is 1. The van der Waals surface area contributed by atoms with Gasteiger partial charge in [-0.1, -0.05) is 5.21 Å². The molecular weight excluding hydrogens is 402 g/mol. The topological polar surface area (TPSA) is 155 Å². The zero-order chi connectivity index (χ0) is 21.4. The van der Waals surface area contributed by atoms with Crippen LogP contribution in [0.4, 0.5) is 0 Å². The molecule has 1 saturated carbocycles. The molecule has 0 radical (unpaired) electrons. The Balaban J connectivity index is 1.17. The number of carbonyl (C=O) groups is 2. The van der Waals surface area contributed by atoms with Crippen LogP contribution in [0.3, 0.4) is 0 Å². The van der Waals surface area contributed by atoms with Crippen molar-refractivity contribution in [3.05, 3.63) is 29.7 Å². The van der Waals surface area contributed by atoms with E-state index in [9.17, 15) is 9.59 Å². The van der Waals surface area contributed by atoms with Crippen LogP contribution in [0, 0.1) is 5.41 Å². The van der Waals surface area contributed by atoms with Crippen molar-refractivity contribution in [3.63, 3.8) is 0 Å². The van der Waals surface area contributed by atoms with Crippen LogP contribution >= 0.6 is 0 Å². The quantitative estimate of drug-likeness (QED) is 0.500. The van der Waals surface area contributed by atoms with Crippen LogP contribution < -0.4 is 5.32 Å². The average molecular weight is 425 g/mol. The SMILES string of the molecule is O=C(NC1CC2(CCCN(C(=O)Cn3cc(CO)nn3)C2)C1)c1ccnc2n[nH]nc12. The van der Waals surface area contributed by atoms with E-state index in [1.54, 1.807) is 18.5 Å². The van der Waals surface area contributed by atoms with Crippen molar-refractivity contribution in [1.29, 1.82) is 0 Å². The number of aromatic nitrogens is 7. The molecule has 2 aliphatic rings. The number of hydrogen-bond donors (Lipinski definition) is 3. The molecule has 0 atom stereocenters. The monoisotopic (exact) mass is 425 g/mol. The molecule has 2 amide bonds. The van der Waals surface area contributed by atoms with Crippen molar-refractivity contribution in [2.75, 3.05) is 13.1 Å². The molecule has 1 saturated heterocycles. The normalized spacial score (nSPS) is 23.1. The summed E-state index contributed by atoms with van der Waals surface area (Å²) >= 11 is 0. The van der Waals surface area contributed by atoms with E-state index in [1.807, 2.05) is 4.90 Å². The molecule has 1 aliphatic heterocycles. The van der Waals surface area contributed by atoms with E-state index < -0.39 is 0 Å². The number of nitrogens with zero attached hydrogens (tertiary/aromatic N) is 7. The van der Waals surface area contributed by atoms with Crippen LogP contribution in [0.15, 0.2) is 18.5 Å². The van der Waals surface area contributed by atoms with Crippen LogP contribution in [-0.4, -0.2) is 76.3 Å². The first-order valence-corrected chi connectivity index (χ1v) is 10.3. The predicted molar refractivity (Wildman–Crippen MR) is 106 cm³/mol. The largest absolute Gasteiger partial charge is 0.390 e. The highest BCUT2D eigenvalue weighted by Crippen LogP contribution is 2.47. The summed E-state index contributed by atoms with van der Waals surface area (Å²) in [5.41, 5.74) is 1.82. The van der Waals surface area contributed by atoms with E-state index in [0.29, 0.717) is 29.0 Å². The number of pyridine rings is 1. The van der Waals surface area contributed by atoms with Gasteiger partial charge in [0, 0.05) is 25.3 Å². The number of aliphatic hydroxyl groups is 1. The van der Waals surface area contributed by atoms with Gasteiger partial charge in [-0.15, -0.1) is 10.2 Å². The van der Waals surface area contributed by atoms with Gasteiger partial charge in [0.25, 0.3) is 5.91 Å². The maximum Gasteiger partial charge on any atom is 0.253 e. The maximum atomic E-state index is 12.7. The summed E-state index contributed by atoms with van der Waals surface area (Å²) in [5, 5.41) is 30.3. The molecule has 5 rings (SSSR count). The summed E-state index contributed by atoms with van der Waals surface area (Å²) in [5.74, 6) is -0.193. The molecule has 1 spiro atoms. The minimum atomic E-state index is -0.199. The zero-order valence-electron chi connectivity index (χ0n) is 16.9. The summed E-state index contributed by atoms with van der Waals surface area (Å²) < 4.78 is 1.46. The minimum Gasteiger partial charge on any atom is -0.390 e. The van der Waals surface area contributed by atoms with Gasteiger partial charge < -0.3 is 15.3 Å². The fourth-order valence-electron chi connectivity index (χ4n) is 4.77. The first-order chi connectivity index (χ1) is 15.0. The molecule has 0 aromatic carbocycles. The number of nitrogens with one attached hydrogen (secondary N) is 2. The molecule has 162 valence electrons. The van der Waals surface area contributed by atoms with Gasteiger partial charge in [0.05, 0.1) is 18.4 Å². The van der Waals surface area contributed by atoms with Crippen LogP contribution in [0.25, 0.3) is 11.2 Å². The van der Waals surface area contributed by atoms with Crippen molar-refractivity contribution in [2.45, 2.75) is 44.9 Å². The first-order valence-electron chi connectivity index (χ1n) is 10.3. The van der Waals surface area contributed by atoms with E-state index >= 15 is 0 Å². The number of hydrogen-bond acceptors (Lipinski definition) is 8. The highest BCUT2D eigenvalue weighted by atomic mass is 16.3. The fraction of sp³-hybridized carbons (Fsp3) is 0.526. The highest BCUT2D eigenvalue weighted by molar-refractivity contribution is 6.03. The summed E-state index contributed by atoms with van der Waals surface area (Å²) in [6.45, 7) is 1.32. The van der Waals surface area contributed by atoms with Gasteiger partial charge in [0.2, 0.25) is 11.6 Å². The number of piperidine rings is 1. The second kappa shape index (κ2) is 7.69. The van der Waals surface area contributed by atoms with Gasteiger partial charge in [-0.3, -0.25) is 9.59 Å². The Bertz CT molecular complexity index is 1120. The van der Waals surface area contributed by atoms with Crippen molar-refractivity contribution in [2.24, 2.45) is 5.41 Å². The third-order valence-corrected chi connectivity index (χ3v) is 6.22. The predicted octanol–water partition coefficient (Wildman–Crippen LogP) is -0.362. The summed E-state index contributed by atoms with van der Waals surface area (Å²) in [7, 11) is 0. The van der Waals surface area contributed by atoms with Gasteiger partial charge in [-0.2, -0.15) is 10.3 Å². The lowest BCUT2D eigenvalue weighted by Gasteiger charge is -2.53. The van der Waals surface area contributed by atoms with Crippen LogP contribution in [0.1, 0.15) is 41.7 Å². The molecule has 12 heteroatoms. The summed E-state index contributed by atoms with van der Waals surface area (Å²) in [4.78, 5) is 31.4. The van der Waals surface area contributed by atoms with Gasteiger partial charge >= 0.3 is 0 Å². The minimum absolute atomic E-state index is 0.00818. The van der Waals surface area contributed by atoms with Crippen LogP contribution in [0.5, 0.6) is 0 Å². The Morgan fingerprint density at radius 3 is 3.00 bits per heavy atom. The average Bonchev–Trinajstić information content (AvgIpc) is 3.41. The number of likely N-dealkylation sites (tertiary alicyclic amines) is 1. The van der Waals surface area contributed by atoms with Crippen molar-refractivity contribution >= 4 is 23.0 Å². The van der Waals surface area contributed by atoms with E-state index in [-0.39, 0.29) is 36.4 Å². The zero-order valence-corrected chi connectivity index (χ0v) is 16.9. The first kappa shape index (κ1) is 19.5. The lowest BCUT2D eigenvalue weighted by Crippen LogP contribution is -2.58. The summed E-state index contributed by atoms with van der Waals surface area (Å²) in [6, 6.07) is 1.71. The van der Waals surface area contributed by atoms with E-state index in [2.05, 4.69) is 36.0 Å². The Kier molecular flexibility index (Phi) is 4.85. The molecule has 2 fully saturated rings. The van der Waals surface area contributed by atoms with Crippen molar-refractivity contribution in [3.8, 4) is 0 Å². The van der Waals surface area contributed by atoms with E-state index in [4.69, 9.17) is 5.11 Å². The number of rotatable bonds is 5. The number of fused-ring (bicyclic) bond motifs is 1. The maximum absolute atomic E-state index is 12.7. The molecule has 31 heavy (non-hydrogen) atoms. The van der Waals surface area contributed by atoms with Crippen LogP contribution in [0.2, 0.25) is 0 Å². The van der Waals surface area contributed by atoms with Gasteiger partial charge in [-0.25, -0.2) is 9.67 Å². The number of carbonyl (C=O) groups excluding carboxylic acids is 2. The third-order valence-electron chi connectivity index (χ3n) is 6.22. The van der Waals surface area contributed by atoms with E-state index in [0.717, 1.165) is 32.2 Å².